The lowest BCUT2D eigenvalue weighted by atomic mass is 10.1. The van der Waals surface area contributed by atoms with Crippen molar-refractivity contribution in [2.45, 2.75) is 0 Å². The summed E-state index contributed by atoms with van der Waals surface area (Å²) >= 11 is 0. The van der Waals surface area contributed by atoms with Crippen molar-refractivity contribution in [1.29, 1.82) is 0 Å². The van der Waals surface area contributed by atoms with E-state index in [2.05, 4.69) is 14.8 Å². The first kappa shape index (κ1) is 21.5. The van der Waals surface area contributed by atoms with E-state index in [0.717, 1.165) is 0 Å². The molecule has 0 radical (unpaired) electrons. The zero-order valence-electron chi connectivity index (χ0n) is 16.5. The molecule has 2 aromatic carbocycles. The predicted octanol–water partition coefficient (Wildman–Crippen LogP) is 2.93. The molecule has 0 unspecified atom stereocenters. The van der Waals surface area contributed by atoms with Gasteiger partial charge in [0.2, 0.25) is 5.91 Å². The van der Waals surface area contributed by atoms with Gasteiger partial charge in [0.25, 0.3) is 0 Å². The molecule has 0 aliphatic rings. The summed E-state index contributed by atoms with van der Waals surface area (Å²) in [5.41, 5.74) is 1.08. The topological polar surface area (TPSA) is 100 Å². The second kappa shape index (κ2) is 9.93. The summed E-state index contributed by atoms with van der Waals surface area (Å²) in [6.45, 7) is 0. The van der Waals surface area contributed by atoms with Crippen LogP contribution in [0.2, 0.25) is 0 Å². The summed E-state index contributed by atoms with van der Waals surface area (Å²) in [6, 6.07) is 9.30. The van der Waals surface area contributed by atoms with Crippen LogP contribution in [0.3, 0.4) is 0 Å². The van der Waals surface area contributed by atoms with Gasteiger partial charge in [-0.3, -0.25) is 4.79 Å². The van der Waals surface area contributed by atoms with Gasteiger partial charge in [-0.15, -0.1) is 0 Å². The molecule has 2 aromatic rings. The van der Waals surface area contributed by atoms with Crippen molar-refractivity contribution in [3.8, 4) is 11.5 Å². The molecule has 0 aliphatic heterocycles. The number of ether oxygens (including phenoxy) is 4. The number of hydrogen-bond acceptors (Lipinski definition) is 7. The molecule has 1 amide bonds. The Morgan fingerprint density at radius 2 is 1.45 bits per heavy atom. The fourth-order valence-corrected chi connectivity index (χ4v) is 2.49. The molecule has 0 atom stereocenters. The Hall–Kier alpha value is -3.81. The third-order valence-electron chi connectivity index (χ3n) is 3.89. The smallest absolute Gasteiger partial charge is 0.337 e. The van der Waals surface area contributed by atoms with E-state index < -0.39 is 17.8 Å². The first-order chi connectivity index (χ1) is 13.9. The number of esters is 2. The number of amides is 1. The van der Waals surface area contributed by atoms with Crippen LogP contribution in [0.4, 0.5) is 5.69 Å². The van der Waals surface area contributed by atoms with Gasteiger partial charge >= 0.3 is 11.9 Å². The van der Waals surface area contributed by atoms with Crippen molar-refractivity contribution in [2.24, 2.45) is 0 Å². The Morgan fingerprint density at radius 1 is 0.828 bits per heavy atom. The second-order valence-corrected chi connectivity index (χ2v) is 5.71. The van der Waals surface area contributed by atoms with E-state index in [1.165, 1.54) is 52.7 Å². The molecule has 0 aliphatic carbocycles. The summed E-state index contributed by atoms with van der Waals surface area (Å²) < 4.78 is 19.8. The fraction of sp³-hybridized carbons (Fsp3) is 0.190. The highest BCUT2D eigenvalue weighted by Crippen LogP contribution is 2.25. The Balaban J connectivity index is 2.27. The van der Waals surface area contributed by atoms with Gasteiger partial charge in [0.1, 0.15) is 11.5 Å². The largest absolute Gasteiger partial charge is 0.497 e. The van der Waals surface area contributed by atoms with Crippen LogP contribution in [0.1, 0.15) is 26.3 Å². The van der Waals surface area contributed by atoms with E-state index in [9.17, 15) is 14.4 Å². The molecular weight excluding hydrogens is 378 g/mol. The summed E-state index contributed by atoms with van der Waals surface area (Å²) in [7, 11) is 5.49. The van der Waals surface area contributed by atoms with E-state index in [1.807, 2.05) is 0 Å². The molecule has 0 bridgehead atoms. The lowest BCUT2D eigenvalue weighted by molar-refractivity contribution is -0.111. The maximum Gasteiger partial charge on any atom is 0.337 e. The van der Waals surface area contributed by atoms with Crippen molar-refractivity contribution >= 4 is 29.6 Å². The van der Waals surface area contributed by atoms with Gasteiger partial charge < -0.3 is 24.3 Å². The Bertz CT molecular complexity index is 916. The molecule has 152 valence electrons. The highest BCUT2D eigenvalue weighted by atomic mass is 16.5. The molecule has 29 heavy (non-hydrogen) atoms. The number of methoxy groups -OCH3 is 4. The van der Waals surface area contributed by atoms with Crippen LogP contribution >= 0.6 is 0 Å². The van der Waals surface area contributed by atoms with Crippen LogP contribution in [0, 0.1) is 0 Å². The molecule has 8 nitrogen and oxygen atoms in total. The third-order valence-corrected chi connectivity index (χ3v) is 3.89. The van der Waals surface area contributed by atoms with Gasteiger partial charge in [-0.2, -0.15) is 0 Å². The van der Waals surface area contributed by atoms with E-state index in [1.54, 1.807) is 24.3 Å². The predicted molar refractivity (Wildman–Crippen MR) is 106 cm³/mol. The van der Waals surface area contributed by atoms with Crippen molar-refractivity contribution in [3.05, 3.63) is 59.2 Å². The van der Waals surface area contributed by atoms with Crippen molar-refractivity contribution in [1.82, 2.24) is 0 Å². The summed E-state index contributed by atoms with van der Waals surface area (Å²) in [6.07, 6.45) is 2.85. The van der Waals surface area contributed by atoms with Crippen molar-refractivity contribution < 1.29 is 33.3 Å². The maximum absolute atomic E-state index is 12.3. The highest BCUT2D eigenvalue weighted by molar-refractivity contribution is 6.04. The number of nitrogens with one attached hydrogen (secondary N) is 1. The molecular formula is C21H21NO7. The lowest BCUT2D eigenvalue weighted by Crippen LogP contribution is -2.12. The van der Waals surface area contributed by atoms with E-state index in [-0.39, 0.29) is 16.8 Å². The zero-order valence-corrected chi connectivity index (χ0v) is 16.5. The molecule has 0 fully saturated rings. The number of carbonyl (C=O) groups is 3. The van der Waals surface area contributed by atoms with Crippen LogP contribution < -0.4 is 14.8 Å². The Labute approximate surface area is 168 Å². The van der Waals surface area contributed by atoms with Crippen molar-refractivity contribution in [3.63, 3.8) is 0 Å². The molecule has 0 spiro atoms. The maximum atomic E-state index is 12.3. The minimum Gasteiger partial charge on any atom is -0.497 e. The molecule has 0 heterocycles. The van der Waals surface area contributed by atoms with Crippen LogP contribution in [0.25, 0.3) is 6.08 Å². The normalized spacial score (nSPS) is 10.3. The molecule has 8 heteroatoms. The van der Waals surface area contributed by atoms with E-state index in [4.69, 9.17) is 9.47 Å². The van der Waals surface area contributed by atoms with Gasteiger partial charge in [0, 0.05) is 17.3 Å². The molecule has 2 rings (SSSR count). The number of hydrogen-bond donors (Lipinski definition) is 1. The third kappa shape index (κ3) is 5.58. The van der Waals surface area contributed by atoms with E-state index in [0.29, 0.717) is 17.1 Å². The minimum atomic E-state index is -0.650. The van der Waals surface area contributed by atoms with Gasteiger partial charge in [-0.1, -0.05) is 0 Å². The van der Waals surface area contributed by atoms with Gasteiger partial charge in [0.15, 0.2) is 0 Å². The fourth-order valence-electron chi connectivity index (χ4n) is 2.49. The van der Waals surface area contributed by atoms with Crippen LogP contribution in [0.5, 0.6) is 11.5 Å². The van der Waals surface area contributed by atoms with E-state index >= 15 is 0 Å². The molecule has 0 aromatic heterocycles. The lowest BCUT2D eigenvalue weighted by Gasteiger charge is -2.09. The molecule has 0 saturated carbocycles. The second-order valence-electron chi connectivity index (χ2n) is 5.71. The first-order valence-electron chi connectivity index (χ1n) is 8.44. The van der Waals surface area contributed by atoms with Gasteiger partial charge in [-0.05, 0) is 42.5 Å². The SMILES string of the molecule is COC(=O)c1cc(NC(=O)/C=C/c2cc(OC)ccc2OC)cc(C(=O)OC)c1. The molecule has 1 N–H and O–H groups in total. The number of carbonyl (C=O) groups excluding carboxylic acids is 3. The standard InChI is InChI=1S/C21H21NO7/c1-26-17-6-7-18(27-2)13(12-17)5-8-19(23)22-16-10-14(20(24)28-3)9-15(11-16)21(25)29-4/h5-12H,1-4H3,(H,22,23)/b8-5+. The first-order valence-corrected chi connectivity index (χ1v) is 8.44. The average Bonchev–Trinajstić information content (AvgIpc) is 2.75. The average molecular weight is 399 g/mol. The zero-order chi connectivity index (χ0) is 21.4. The number of anilines is 1. The quantitative estimate of drug-likeness (QED) is 0.564. The Kier molecular flexibility index (Phi) is 7.36. The summed E-state index contributed by atoms with van der Waals surface area (Å²) in [5, 5.41) is 2.60. The van der Waals surface area contributed by atoms with Crippen LogP contribution in [-0.4, -0.2) is 46.3 Å². The number of benzene rings is 2. The minimum absolute atomic E-state index is 0.101. The van der Waals surface area contributed by atoms with Crippen molar-refractivity contribution in [2.75, 3.05) is 33.8 Å². The highest BCUT2D eigenvalue weighted by Gasteiger charge is 2.14. The Morgan fingerprint density at radius 3 is 1.97 bits per heavy atom. The van der Waals surface area contributed by atoms with Gasteiger partial charge in [-0.25, -0.2) is 9.59 Å². The van der Waals surface area contributed by atoms with Crippen LogP contribution in [0.15, 0.2) is 42.5 Å². The summed E-state index contributed by atoms with van der Waals surface area (Å²) in [4.78, 5) is 36.0. The summed E-state index contributed by atoms with van der Waals surface area (Å²) in [5.74, 6) is -0.603. The van der Waals surface area contributed by atoms with Crippen LogP contribution in [-0.2, 0) is 14.3 Å². The molecule has 0 saturated heterocycles. The monoisotopic (exact) mass is 399 g/mol. The van der Waals surface area contributed by atoms with Gasteiger partial charge in [0.05, 0.1) is 39.6 Å². The number of rotatable bonds is 7.